The summed E-state index contributed by atoms with van der Waals surface area (Å²) in [5.41, 5.74) is 2.43. The highest BCUT2D eigenvalue weighted by molar-refractivity contribution is 6.17. The summed E-state index contributed by atoms with van der Waals surface area (Å²) in [4.78, 5) is 25.4. The van der Waals surface area contributed by atoms with Gasteiger partial charge in [0.25, 0.3) is 0 Å². The number of carbonyl (C=O) groups excluding carboxylic acids is 2. The van der Waals surface area contributed by atoms with E-state index in [9.17, 15) is 9.59 Å². The van der Waals surface area contributed by atoms with E-state index in [2.05, 4.69) is 33.6 Å². The van der Waals surface area contributed by atoms with Gasteiger partial charge < -0.3 is 0 Å². The van der Waals surface area contributed by atoms with Gasteiger partial charge in [0.1, 0.15) is 5.52 Å². The van der Waals surface area contributed by atoms with Crippen molar-refractivity contribution in [2.75, 3.05) is 4.90 Å². The summed E-state index contributed by atoms with van der Waals surface area (Å²) in [5.74, 6) is -0.0294. The second kappa shape index (κ2) is 7.00. The van der Waals surface area contributed by atoms with Gasteiger partial charge in [-0.05, 0) is 70.8 Å². The fourth-order valence-electron chi connectivity index (χ4n) is 3.79. The number of ketones is 1. The first-order valence-corrected chi connectivity index (χ1v) is 9.45. The Morgan fingerprint density at radius 3 is 2.30 bits per heavy atom. The first kappa shape index (κ1) is 17.9. The SMILES string of the molecule is CC(=O)c1ccc(N(C=O)c2c3cc4ccccc4cc3cc3cnnnc23)cc1. The Labute approximate surface area is 171 Å². The van der Waals surface area contributed by atoms with Crippen LogP contribution in [0.25, 0.3) is 32.4 Å². The second-order valence-electron chi connectivity index (χ2n) is 7.10. The van der Waals surface area contributed by atoms with Crippen molar-refractivity contribution in [1.29, 1.82) is 0 Å². The highest BCUT2D eigenvalue weighted by Crippen LogP contribution is 2.38. The number of rotatable bonds is 4. The summed E-state index contributed by atoms with van der Waals surface area (Å²) >= 11 is 0. The van der Waals surface area contributed by atoms with Gasteiger partial charge in [0.15, 0.2) is 5.78 Å². The van der Waals surface area contributed by atoms with Gasteiger partial charge in [0, 0.05) is 22.0 Å². The van der Waals surface area contributed by atoms with Crippen LogP contribution in [0, 0.1) is 0 Å². The number of amides is 1. The molecular formula is C24H16N4O2. The van der Waals surface area contributed by atoms with E-state index in [1.165, 1.54) is 11.8 Å². The van der Waals surface area contributed by atoms with E-state index in [0.717, 1.165) is 33.3 Å². The van der Waals surface area contributed by atoms with Crippen molar-refractivity contribution >= 4 is 56.0 Å². The standard InChI is InChI=1S/C24H16N4O2/c1-15(30)16-6-8-21(9-7-16)28(14-29)24-22-12-18-5-3-2-4-17(18)10-19(22)11-20-13-25-27-26-23(20)24/h2-14H,1H3. The molecule has 0 saturated heterocycles. The number of nitrogens with zero attached hydrogens (tertiary/aromatic N) is 4. The third-order valence-corrected chi connectivity index (χ3v) is 5.27. The Bertz CT molecular complexity index is 1440. The highest BCUT2D eigenvalue weighted by Gasteiger charge is 2.18. The molecular weight excluding hydrogens is 376 g/mol. The van der Waals surface area contributed by atoms with Crippen molar-refractivity contribution in [3.05, 3.63) is 78.5 Å². The maximum atomic E-state index is 12.3. The summed E-state index contributed by atoms with van der Waals surface area (Å²) in [5, 5.41) is 16.7. The molecule has 0 N–H and O–H groups in total. The normalized spacial score (nSPS) is 11.1. The minimum Gasteiger partial charge on any atom is -0.295 e. The van der Waals surface area contributed by atoms with Crippen LogP contribution in [-0.4, -0.2) is 27.6 Å². The van der Waals surface area contributed by atoms with Crippen LogP contribution in [-0.2, 0) is 4.79 Å². The van der Waals surface area contributed by atoms with Crippen molar-refractivity contribution < 1.29 is 9.59 Å². The first-order chi connectivity index (χ1) is 14.7. The molecule has 0 atom stereocenters. The molecule has 5 aromatic rings. The van der Waals surface area contributed by atoms with Crippen molar-refractivity contribution in [1.82, 2.24) is 15.4 Å². The molecule has 1 amide bonds. The zero-order chi connectivity index (χ0) is 20.7. The highest BCUT2D eigenvalue weighted by atomic mass is 16.1. The molecule has 5 rings (SSSR count). The molecule has 0 aliphatic rings. The summed E-state index contributed by atoms with van der Waals surface area (Å²) in [6.45, 7) is 1.51. The number of anilines is 2. The number of hydrogen-bond donors (Lipinski definition) is 0. The van der Waals surface area contributed by atoms with Gasteiger partial charge in [-0.3, -0.25) is 14.5 Å². The Morgan fingerprint density at radius 1 is 0.900 bits per heavy atom. The second-order valence-corrected chi connectivity index (χ2v) is 7.10. The summed E-state index contributed by atoms with van der Waals surface area (Å²) in [6, 6.07) is 21.2. The fourth-order valence-corrected chi connectivity index (χ4v) is 3.79. The van der Waals surface area contributed by atoms with Crippen molar-refractivity contribution in [2.45, 2.75) is 6.92 Å². The molecule has 1 heterocycles. The largest absolute Gasteiger partial charge is 0.295 e. The average molecular weight is 392 g/mol. The number of carbonyl (C=O) groups is 2. The Morgan fingerprint density at radius 2 is 1.60 bits per heavy atom. The monoisotopic (exact) mass is 392 g/mol. The zero-order valence-corrected chi connectivity index (χ0v) is 16.1. The molecule has 1 aromatic heterocycles. The van der Waals surface area contributed by atoms with Crippen LogP contribution in [0.1, 0.15) is 17.3 Å². The molecule has 30 heavy (non-hydrogen) atoms. The van der Waals surface area contributed by atoms with E-state index >= 15 is 0 Å². The van der Waals surface area contributed by atoms with Crippen LogP contribution in [0.4, 0.5) is 11.4 Å². The minimum atomic E-state index is -0.0294. The number of fused-ring (bicyclic) bond motifs is 3. The molecule has 0 aliphatic carbocycles. The van der Waals surface area contributed by atoms with Crippen LogP contribution < -0.4 is 4.90 Å². The number of aromatic nitrogens is 3. The van der Waals surface area contributed by atoms with Gasteiger partial charge in [-0.25, -0.2) is 0 Å². The average Bonchev–Trinajstić information content (AvgIpc) is 2.78. The van der Waals surface area contributed by atoms with E-state index in [0.29, 0.717) is 22.5 Å². The van der Waals surface area contributed by atoms with E-state index in [1.54, 1.807) is 30.5 Å². The number of benzene rings is 4. The lowest BCUT2D eigenvalue weighted by Gasteiger charge is -2.21. The Kier molecular flexibility index (Phi) is 4.17. The first-order valence-electron chi connectivity index (χ1n) is 9.45. The molecule has 0 unspecified atom stereocenters. The predicted octanol–water partition coefficient (Wildman–Crippen LogP) is 4.83. The van der Waals surface area contributed by atoms with Crippen LogP contribution >= 0.6 is 0 Å². The van der Waals surface area contributed by atoms with Gasteiger partial charge in [-0.1, -0.05) is 24.3 Å². The lowest BCUT2D eigenvalue weighted by atomic mass is 9.99. The molecule has 0 spiro atoms. The molecule has 0 bridgehead atoms. The van der Waals surface area contributed by atoms with E-state index < -0.39 is 0 Å². The van der Waals surface area contributed by atoms with E-state index in [-0.39, 0.29) is 5.78 Å². The van der Waals surface area contributed by atoms with E-state index in [4.69, 9.17) is 0 Å². The summed E-state index contributed by atoms with van der Waals surface area (Å²) < 4.78 is 0. The Balaban J connectivity index is 1.84. The van der Waals surface area contributed by atoms with Gasteiger partial charge in [-0.15, -0.1) is 10.2 Å². The van der Waals surface area contributed by atoms with Crippen LogP contribution in [0.5, 0.6) is 0 Å². The summed E-state index contributed by atoms with van der Waals surface area (Å²) in [6.07, 6.45) is 2.40. The predicted molar refractivity (Wildman–Crippen MR) is 117 cm³/mol. The number of hydrogen-bond acceptors (Lipinski definition) is 5. The topological polar surface area (TPSA) is 76.1 Å². The molecule has 0 aliphatic heterocycles. The zero-order valence-electron chi connectivity index (χ0n) is 16.1. The third kappa shape index (κ3) is 2.86. The quantitative estimate of drug-likeness (QED) is 0.249. The maximum Gasteiger partial charge on any atom is 0.218 e. The van der Waals surface area contributed by atoms with E-state index in [1.807, 2.05) is 24.3 Å². The van der Waals surface area contributed by atoms with Gasteiger partial charge in [0.2, 0.25) is 6.41 Å². The van der Waals surface area contributed by atoms with Crippen LogP contribution in [0.3, 0.4) is 0 Å². The molecule has 6 nitrogen and oxygen atoms in total. The molecule has 0 radical (unpaired) electrons. The molecule has 6 heteroatoms. The molecule has 0 fully saturated rings. The van der Waals surface area contributed by atoms with Crippen molar-refractivity contribution in [3.63, 3.8) is 0 Å². The fraction of sp³-hybridized carbons (Fsp3) is 0.0417. The van der Waals surface area contributed by atoms with Gasteiger partial charge >= 0.3 is 0 Å². The van der Waals surface area contributed by atoms with Crippen LogP contribution in [0.2, 0.25) is 0 Å². The lowest BCUT2D eigenvalue weighted by molar-refractivity contribution is -0.106. The lowest BCUT2D eigenvalue weighted by Crippen LogP contribution is -2.16. The maximum absolute atomic E-state index is 12.3. The molecule has 0 saturated carbocycles. The third-order valence-electron chi connectivity index (χ3n) is 5.27. The smallest absolute Gasteiger partial charge is 0.218 e. The molecule has 144 valence electrons. The van der Waals surface area contributed by atoms with Gasteiger partial charge in [-0.2, -0.15) is 0 Å². The van der Waals surface area contributed by atoms with Gasteiger partial charge in [0.05, 0.1) is 11.9 Å². The van der Waals surface area contributed by atoms with Crippen LogP contribution in [0.15, 0.2) is 72.9 Å². The molecule has 4 aromatic carbocycles. The minimum absolute atomic E-state index is 0.0294. The van der Waals surface area contributed by atoms with Crippen molar-refractivity contribution in [2.24, 2.45) is 0 Å². The summed E-state index contributed by atoms with van der Waals surface area (Å²) in [7, 11) is 0. The Hall–Kier alpha value is -4.19. The number of Topliss-reactive ketones (excluding diaryl/α,β-unsaturated/α-hetero) is 1. The van der Waals surface area contributed by atoms with Crippen molar-refractivity contribution in [3.8, 4) is 0 Å².